The van der Waals surface area contributed by atoms with Crippen molar-refractivity contribution in [1.29, 1.82) is 0 Å². The zero-order valence-electron chi connectivity index (χ0n) is 11.0. The number of amides is 1. The number of carboxylic acids is 1. The van der Waals surface area contributed by atoms with Crippen LogP contribution in [0.4, 0.5) is 5.69 Å². The summed E-state index contributed by atoms with van der Waals surface area (Å²) in [4.78, 5) is 26.9. The summed E-state index contributed by atoms with van der Waals surface area (Å²) in [6.07, 6.45) is 2.82. The van der Waals surface area contributed by atoms with Gasteiger partial charge in [0.25, 0.3) is 5.91 Å². The molecule has 0 aliphatic rings. The molecule has 2 rings (SSSR count). The van der Waals surface area contributed by atoms with Gasteiger partial charge in [-0.05, 0) is 18.2 Å². The Hall–Kier alpha value is -2.60. The van der Waals surface area contributed by atoms with E-state index in [-0.39, 0.29) is 21.9 Å². The van der Waals surface area contributed by atoms with Gasteiger partial charge in [-0.2, -0.15) is 0 Å². The highest BCUT2D eigenvalue weighted by Gasteiger charge is 2.14. The number of hydrogen-bond acceptors (Lipinski definition) is 4. The Balaban J connectivity index is 2.26. The monoisotopic (exact) mass is 306 g/mol. The number of aromatic nitrogens is 1. The van der Waals surface area contributed by atoms with Gasteiger partial charge in [0, 0.05) is 24.1 Å². The standard InChI is InChI=1S/C14H11ClN2O4/c1-21-12-6-8(2-3-10(12)14(19)20)17-13(18)9-4-5-16-7-11(9)15/h2-7H,1H3,(H,17,18)(H,19,20). The maximum Gasteiger partial charge on any atom is 0.339 e. The molecule has 108 valence electrons. The van der Waals surface area contributed by atoms with Crippen LogP contribution in [-0.4, -0.2) is 29.1 Å². The Morgan fingerprint density at radius 1 is 1.29 bits per heavy atom. The van der Waals surface area contributed by atoms with Crippen molar-refractivity contribution in [3.05, 3.63) is 52.8 Å². The molecule has 2 aromatic rings. The summed E-state index contributed by atoms with van der Waals surface area (Å²) >= 11 is 5.88. The van der Waals surface area contributed by atoms with E-state index in [0.29, 0.717) is 5.69 Å². The summed E-state index contributed by atoms with van der Waals surface area (Å²) in [6.45, 7) is 0. The van der Waals surface area contributed by atoms with E-state index in [1.807, 2.05) is 0 Å². The first-order valence-electron chi connectivity index (χ1n) is 5.85. The maximum atomic E-state index is 12.1. The molecule has 2 N–H and O–H groups in total. The van der Waals surface area contributed by atoms with Crippen molar-refractivity contribution in [2.24, 2.45) is 0 Å². The van der Waals surface area contributed by atoms with Crippen LogP contribution >= 0.6 is 11.6 Å². The van der Waals surface area contributed by atoms with E-state index in [0.717, 1.165) is 0 Å². The van der Waals surface area contributed by atoms with Gasteiger partial charge in [-0.3, -0.25) is 9.78 Å². The van der Waals surface area contributed by atoms with E-state index in [4.69, 9.17) is 21.4 Å². The molecule has 1 amide bonds. The van der Waals surface area contributed by atoms with Gasteiger partial charge in [0.05, 0.1) is 17.7 Å². The summed E-state index contributed by atoms with van der Waals surface area (Å²) in [6, 6.07) is 5.74. The number of carboxylic acid groups (broad SMARTS) is 1. The Morgan fingerprint density at radius 2 is 2.05 bits per heavy atom. The van der Waals surface area contributed by atoms with E-state index in [9.17, 15) is 9.59 Å². The number of nitrogens with one attached hydrogen (secondary N) is 1. The Kier molecular flexibility index (Phi) is 4.39. The van der Waals surface area contributed by atoms with Crippen LogP contribution in [0.25, 0.3) is 0 Å². The van der Waals surface area contributed by atoms with Crippen LogP contribution in [0.2, 0.25) is 5.02 Å². The minimum Gasteiger partial charge on any atom is -0.496 e. The molecule has 0 spiro atoms. The maximum absolute atomic E-state index is 12.1. The second-order valence-electron chi connectivity index (χ2n) is 4.03. The quantitative estimate of drug-likeness (QED) is 0.906. The number of aromatic carboxylic acids is 1. The minimum absolute atomic E-state index is 0.0115. The number of anilines is 1. The molecule has 0 radical (unpaired) electrons. The fourth-order valence-corrected chi connectivity index (χ4v) is 1.91. The van der Waals surface area contributed by atoms with Crippen LogP contribution in [0.5, 0.6) is 5.75 Å². The third-order valence-electron chi connectivity index (χ3n) is 2.71. The van der Waals surface area contributed by atoms with Gasteiger partial charge in [0.2, 0.25) is 0 Å². The van der Waals surface area contributed by atoms with Crippen molar-refractivity contribution in [2.75, 3.05) is 12.4 Å². The lowest BCUT2D eigenvalue weighted by atomic mass is 10.1. The SMILES string of the molecule is COc1cc(NC(=O)c2ccncc2Cl)ccc1C(=O)O. The largest absolute Gasteiger partial charge is 0.496 e. The number of carbonyl (C=O) groups is 2. The number of nitrogens with zero attached hydrogens (tertiary/aromatic N) is 1. The summed E-state index contributed by atoms with van der Waals surface area (Å²) in [7, 11) is 1.35. The number of ether oxygens (including phenoxy) is 1. The smallest absolute Gasteiger partial charge is 0.339 e. The molecular weight excluding hydrogens is 296 g/mol. The lowest BCUT2D eigenvalue weighted by molar-refractivity contribution is 0.0693. The highest BCUT2D eigenvalue weighted by Crippen LogP contribution is 2.24. The molecule has 0 fully saturated rings. The molecule has 1 heterocycles. The first kappa shape index (κ1) is 14.8. The average Bonchev–Trinajstić information content (AvgIpc) is 2.47. The van der Waals surface area contributed by atoms with Crippen LogP contribution in [0.1, 0.15) is 20.7 Å². The van der Waals surface area contributed by atoms with Crippen LogP contribution in [0.15, 0.2) is 36.7 Å². The molecule has 1 aromatic carbocycles. The van der Waals surface area contributed by atoms with E-state index in [1.54, 1.807) is 0 Å². The second-order valence-corrected chi connectivity index (χ2v) is 4.44. The number of carbonyl (C=O) groups excluding carboxylic acids is 1. The molecule has 0 aliphatic carbocycles. The zero-order valence-corrected chi connectivity index (χ0v) is 11.7. The highest BCUT2D eigenvalue weighted by molar-refractivity contribution is 6.34. The zero-order chi connectivity index (χ0) is 15.4. The summed E-state index contributed by atoms with van der Waals surface area (Å²) in [5.74, 6) is -1.38. The topological polar surface area (TPSA) is 88.5 Å². The molecule has 0 unspecified atom stereocenters. The van der Waals surface area contributed by atoms with Gasteiger partial charge in [0.1, 0.15) is 11.3 Å². The first-order valence-corrected chi connectivity index (χ1v) is 6.23. The van der Waals surface area contributed by atoms with Crippen molar-refractivity contribution in [3.63, 3.8) is 0 Å². The molecule has 0 aliphatic heterocycles. The van der Waals surface area contributed by atoms with Gasteiger partial charge in [-0.1, -0.05) is 11.6 Å². The Labute approximate surface area is 125 Å². The van der Waals surface area contributed by atoms with E-state index in [1.165, 1.54) is 43.8 Å². The molecule has 6 nitrogen and oxygen atoms in total. The fraction of sp³-hybridized carbons (Fsp3) is 0.0714. The van der Waals surface area contributed by atoms with Crippen LogP contribution in [-0.2, 0) is 0 Å². The van der Waals surface area contributed by atoms with E-state index >= 15 is 0 Å². The molecule has 21 heavy (non-hydrogen) atoms. The van der Waals surface area contributed by atoms with Gasteiger partial charge < -0.3 is 15.2 Å². The molecule has 0 saturated heterocycles. The molecule has 0 atom stereocenters. The summed E-state index contributed by atoms with van der Waals surface area (Å²) < 4.78 is 4.99. The number of benzene rings is 1. The molecule has 0 bridgehead atoms. The van der Waals surface area contributed by atoms with Crippen molar-refractivity contribution in [3.8, 4) is 5.75 Å². The van der Waals surface area contributed by atoms with E-state index in [2.05, 4.69) is 10.3 Å². The summed E-state index contributed by atoms with van der Waals surface area (Å²) in [5.41, 5.74) is 0.681. The number of methoxy groups -OCH3 is 1. The third kappa shape index (κ3) is 3.29. The van der Waals surface area contributed by atoms with Crippen LogP contribution < -0.4 is 10.1 Å². The fourth-order valence-electron chi connectivity index (χ4n) is 1.70. The summed E-state index contributed by atoms with van der Waals surface area (Å²) in [5, 5.41) is 11.8. The first-order chi connectivity index (χ1) is 10.0. The average molecular weight is 307 g/mol. The predicted molar refractivity (Wildman–Crippen MR) is 77.2 cm³/mol. The number of pyridine rings is 1. The highest BCUT2D eigenvalue weighted by atomic mass is 35.5. The lowest BCUT2D eigenvalue weighted by Crippen LogP contribution is -2.13. The van der Waals surface area contributed by atoms with E-state index < -0.39 is 11.9 Å². The normalized spacial score (nSPS) is 10.0. The van der Waals surface area contributed by atoms with Gasteiger partial charge >= 0.3 is 5.97 Å². The van der Waals surface area contributed by atoms with Crippen LogP contribution in [0.3, 0.4) is 0 Å². The molecule has 7 heteroatoms. The van der Waals surface area contributed by atoms with Gasteiger partial charge in [-0.15, -0.1) is 0 Å². The lowest BCUT2D eigenvalue weighted by Gasteiger charge is -2.10. The molecule has 1 aromatic heterocycles. The van der Waals surface area contributed by atoms with Crippen molar-refractivity contribution < 1.29 is 19.4 Å². The Bertz CT molecular complexity index is 703. The van der Waals surface area contributed by atoms with Crippen LogP contribution in [0, 0.1) is 0 Å². The Morgan fingerprint density at radius 3 is 2.67 bits per heavy atom. The van der Waals surface area contributed by atoms with Gasteiger partial charge in [0.15, 0.2) is 0 Å². The predicted octanol–water partition coefficient (Wildman–Crippen LogP) is 2.69. The van der Waals surface area contributed by atoms with Crippen molar-refractivity contribution in [1.82, 2.24) is 4.98 Å². The van der Waals surface area contributed by atoms with Gasteiger partial charge in [-0.25, -0.2) is 4.79 Å². The number of rotatable bonds is 4. The second kappa shape index (κ2) is 6.23. The number of hydrogen-bond donors (Lipinski definition) is 2. The number of halogens is 1. The third-order valence-corrected chi connectivity index (χ3v) is 3.01. The molecular formula is C14H11ClN2O4. The van der Waals surface area contributed by atoms with Crippen molar-refractivity contribution in [2.45, 2.75) is 0 Å². The minimum atomic E-state index is -1.11. The van der Waals surface area contributed by atoms with Crippen molar-refractivity contribution >= 4 is 29.2 Å². The molecule has 0 saturated carbocycles.